The van der Waals surface area contributed by atoms with Gasteiger partial charge in [-0.2, -0.15) is 0 Å². The number of cyclic esters (lactones) is 1. The predicted molar refractivity (Wildman–Crippen MR) is 140 cm³/mol. The summed E-state index contributed by atoms with van der Waals surface area (Å²) in [5.74, 6) is -2.58. The number of carbonyl (C=O) groups excluding carboxylic acids is 3. The summed E-state index contributed by atoms with van der Waals surface area (Å²) < 4.78 is 5.76. The van der Waals surface area contributed by atoms with Crippen LogP contribution in [0, 0.1) is 24.2 Å². The van der Waals surface area contributed by atoms with Crippen LogP contribution in [0.1, 0.15) is 77.4 Å². The fraction of sp³-hybridized carbons (Fsp3) is 0.571. The molecule has 0 aliphatic carbocycles. The lowest BCUT2D eigenvalue weighted by molar-refractivity contribution is -0.152. The first-order valence-electron chi connectivity index (χ1n) is 12.2. The Kier molecular flexibility index (Phi) is 10.3. The van der Waals surface area contributed by atoms with E-state index in [0.717, 1.165) is 41.1 Å². The van der Waals surface area contributed by atoms with Gasteiger partial charge in [0, 0.05) is 17.7 Å². The molecule has 0 spiro atoms. The lowest BCUT2D eigenvalue weighted by Crippen LogP contribution is -2.44. The number of aliphatic hydroxyl groups is 1. The largest absolute Gasteiger partial charge is 0.457 e. The molecule has 1 aromatic heterocycles. The van der Waals surface area contributed by atoms with E-state index in [2.05, 4.69) is 17.6 Å². The number of Topliss-reactive ketones (excluding diaryl/α,β-unsaturated/α-hetero) is 2. The van der Waals surface area contributed by atoms with E-state index in [-0.39, 0.29) is 5.92 Å². The minimum Gasteiger partial charge on any atom is -0.457 e. The van der Waals surface area contributed by atoms with E-state index >= 15 is 0 Å². The molecule has 0 bridgehead atoms. The number of rotatable bonds is 3. The molecule has 0 fully saturated rings. The lowest BCUT2D eigenvalue weighted by Gasteiger charge is -2.31. The quantitative estimate of drug-likeness (QED) is 0.327. The Bertz CT molecular complexity index is 1010. The molecule has 0 radical (unpaired) electrons. The molecule has 5 atom stereocenters. The molecule has 7 heteroatoms. The Morgan fingerprint density at radius 1 is 1.29 bits per heavy atom. The van der Waals surface area contributed by atoms with Crippen LogP contribution in [0.15, 0.2) is 35.3 Å². The Hall–Kier alpha value is -2.38. The van der Waals surface area contributed by atoms with Crippen molar-refractivity contribution in [1.29, 1.82) is 0 Å². The first-order chi connectivity index (χ1) is 16.4. The minimum atomic E-state index is -1.58. The molecule has 0 amide bonds. The van der Waals surface area contributed by atoms with Crippen LogP contribution in [0.25, 0.3) is 6.08 Å². The van der Waals surface area contributed by atoms with Gasteiger partial charge >= 0.3 is 5.97 Å². The van der Waals surface area contributed by atoms with Crippen LogP contribution in [0.2, 0.25) is 0 Å². The number of hydrogen-bond donors (Lipinski definition) is 1. The van der Waals surface area contributed by atoms with Gasteiger partial charge in [0.05, 0.1) is 16.8 Å². The molecule has 1 aromatic rings. The smallest absolute Gasteiger partial charge is 0.313 e. The van der Waals surface area contributed by atoms with Crippen LogP contribution in [0.4, 0.5) is 0 Å². The van der Waals surface area contributed by atoms with Gasteiger partial charge in [0.1, 0.15) is 17.9 Å². The van der Waals surface area contributed by atoms with E-state index in [1.165, 1.54) is 13.0 Å². The van der Waals surface area contributed by atoms with E-state index in [0.29, 0.717) is 6.42 Å². The maximum absolute atomic E-state index is 13.3. The van der Waals surface area contributed by atoms with Crippen molar-refractivity contribution >= 4 is 34.9 Å². The standard InChI is InChI=1S/C28H39NO5S/c1-8-28(7)24(30)15-25(31)34-23(19(4)14-22-16-35-21(6)29-22)13-12-17(2)10-9-11-18(3)26(32)20(5)27(28)33/h8,12,14,16,18,20,23,26,32H,1,9-11,13,15H2,2-7H3/b17-12-,19-14+/t18-,20+,23-,26-,28-/m0/s1. The highest BCUT2D eigenvalue weighted by Gasteiger charge is 2.43. The third kappa shape index (κ3) is 7.55. The van der Waals surface area contributed by atoms with E-state index in [1.54, 1.807) is 18.3 Å². The van der Waals surface area contributed by atoms with Gasteiger partial charge in [0.2, 0.25) is 0 Å². The fourth-order valence-electron chi connectivity index (χ4n) is 4.37. The van der Waals surface area contributed by atoms with Crippen LogP contribution < -0.4 is 0 Å². The Morgan fingerprint density at radius 2 is 1.97 bits per heavy atom. The minimum absolute atomic E-state index is 0.108. The van der Waals surface area contributed by atoms with Crippen molar-refractivity contribution < 1.29 is 24.2 Å². The van der Waals surface area contributed by atoms with Crippen LogP contribution in [0.3, 0.4) is 0 Å². The first-order valence-corrected chi connectivity index (χ1v) is 13.1. The van der Waals surface area contributed by atoms with Gasteiger partial charge in [0.15, 0.2) is 11.6 Å². The zero-order valence-electron chi connectivity index (χ0n) is 21.8. The van der Waals surface area contributed by atoms with Crippen molar-refractivity contribution in [3.63, 3.8) is 0 Å². The van der Waals surface area contributed by atoms with Crippen molar-refractivity contribution in [3.05, 3.63) is 46.0 Å². The summed E-state index contributed by atoms with van der Waals surface area (Å²) in [5.41, 5.74) is 1.22. The first kappa shape index (κ1) is 28.9. The number of thiazole rings is 1. The number of esters is 1. The summed E-state index contributed by atoms with van der Waals surface area (Å²) in [6.07, 6.45) is 6.19. The van der Waals surface area contributed by atoms with Crippen molar-refractivity contribution in [2.24, 2.45) is 17.3 Å². The summed E-state index contributed by atoms with van der Waals surface area (Å²) in [6.45, 7) is 14.6. The molecule has 0 aromatic carbocycles. The summed E-state index contributed by atoms with van der Waals surface area (Å²) >= 11 is 1.54. The monoisotopic (exact) mass is 501 g/mol. The van der Waals surface area contributed by atoms with Gasteiger partial charge in [-0.3, -0.25) is 14.4 Å². The summed E-state index contributed by atoms with van der Waals surface area (Å²) in [7, 11) is 0. The molecule has 1 N–H and O–H groups in total. The summed E-state index contributed by atoms with van der Waals surface area (Å²) in [5, 5.41) is 13.7. The molecule has 0 unspecified atom stereocenters. The number of aliphatic hydroxyl groups excluding tert-OH is 1. The van der Waals surface area contributed by atoms with Gasteiger partial charge in [-0.15, -0.1) is 17.9 Å². The number of ketones is 2. The van der Waals surface area contributed by atoms with Crippen molar-refractivity contribution in [2.75, 3.05) is 0 Å². The average Bonchev–Trinajstić information content (AvgIpc) is 3.22. The predicted octanol–water partition coefficient (Wildman–Crippen LogP) is 5.64. The number of aryl methyl sites for hydroxylation is 1. The van der Waals surface area contributed by atoms with Gasteiger partial charge in [-0.25, -0.2) is 4.98 Å². The number of hydrogen-bond acceptors (Lipinski definition) is 7. The Morgan fingerprint density at radius 3 is 2.57 bits per heavy atom. The highest BCUT2D eigenvalue weighted by Crippen LogP contribution is 2.31. The molecular formula is C28H39NO5S. The average molecular weight is 502 g/mol. The fourth-order valence-corrected chi connectivity index (χ4v) is 4.94. The highest BCUT2D eigenvalue weighted by molar-refractivity contribution is 7.09. The molecule has 0 saturated heterocycles. The number of ether oxygens (including phenoxy) is 1. The van der Waals surface area contributed by atoms with E-state index in [4.69, 9.17) is 4.74 Å². The zero-order chi connectivity index (χ0) is 26.3. The van der Waals surface area contributed by atoms with E-state index in [1.807, 2.05) is 39.2 Å². The highest BCUT2D eigenvalue weighted by atomic mass is 32.1. The zero-order valence-corrected chi connectivity index (χ0v) is 22.6. The van der Waals surface area contributed by atoms with Crippen LogP contribution in [0.5, 0.6) is 0 Å². The second-order valence-corrected chi connectivity index (χ2v) is 11.0. The van der Waals surface area contributed by atoms with Gasteiger partial charge in [0.25, 0.3) is 0 Å². The summed E-state index contributed by atoms with van der Waals surface area (Å²) in [6, 6.07) is 0. The molecule has 1 aliphatic heterocycles. The van der Waals surface area contributed by atoms with Gasteiger partial charge < -0.3 is 9.84 Å². The molecule has 1 aliphatic rings. The van der Waals surface area contributed by atoms with E-state index in [9.17, 15) is 19.5 Å². The van der Waals surface area contributed by atoms with Crippen molar-refractivity contribution in [2.45, 2.75) is 85.9 Å². The molecule has 192 valence electrons. The van der Waals surface area contributed by atoms with Gasteiger partial charge in [-0.1, -0.05) is 31.6 Å². The third-order valence-corrected chi connectivity index (χ3v) is 7.81. The topological polar surface area (TPSA) is 93.6 Å². The van der Waals surface area contributed by atoms with Crippen LogP contribution in [-0.2, 0) is 19.1 Å². The number of nitrogens with zero attached hydrogens (tertiary/aromatic N) is 1. The number of aromatic nitrogens is 1. The molecule has 0 saturated carbocycles. The molecule has 2 heterocycles. The second-order valence-electron chi connectivity index (χ2n) is 9.96. The maximum atomic E-state index is 13.3. The molecular weight excluding hydrogens is 462 g/mol. The number of allylic oxidation sites excluding steroid dienone is 2. The maximum Gasteiger partial charge on any atom is 0.313 e. The van der Waals surface area contributed by atoms with Crippen LogP contribution in [-0.4, -0.2) is 39.8 Å². The normalized spacial score (nSPS) is 32.0. The Labute approximate surface area is 213 Å². The third-order valence-electron chi connectivity index (χ3n) is 7.02. The lowest BCUT2D eigenvalue weighted by atomic mass is 9.72. The van der Waals surface area contributed by atoms with E-state index < -0.39 is 47.5 Å². The summed E-state index contributed by atoms with van der Waals surface area (Å²) in [4.78, 5) is 43.7. The Balaban J connectivity index is 2.38. The molecule has 35 heavy (non-hydrogen) atoms. The van der Waals surface area contributed by atoms with Gasteiger partial charge in [-0.05, 0) is 64.5 Å². The molecule has 6 nitrogen and oxygen atoms in total. The molecule has 2 rings (SSSR count). The van der Waals surface area contributed by atoms with Crippen molar-refractivity contribution in [1.82, 2.24) is 4.98 Å². The SMILES string of the molecule is C=C[C@@]1(C)C(=O)CC(=O)O[C@H](/C(C)=C/c2csc(C)n2)C/C=C(/C)CCC[C@H](C)[C@H](O)[C@@H](C)C1=O. The van der Waals surface area contributed by atoms with Crippen LogP contribution >= 0.6 is 11.3 Å². The second kappa shape index (κ2) is 12.5. The van der Waals surface area contributed by atoms with Crippen molar-refractivity contribution in [3.8, 4) is 0 Å². The number of carbonyl (C=O) groups is 3.